The minimum atomic E-state index is -0.109. The maximum absolute atomic E-state index is 11.8. The molecule has 1 aromatic rings. The normalized spacial score (nSPS) is 24.1. The van der Waals surface area contributed by atoms with Crippen LogP contribution in [0.2, 0.25) is 0 Å². The van der Waals surface area contributed by atoms with Gasteiger partial charge in [0.15, 0.2) is 5.96 Å². The molecule has 2 rings (SSSR count). The van der Waals surface area contributed by atoms with Crippen LogP contribution in [0, 0.1) is 5.41 Å². The number of aliphatic imine (C=N–C) groups is 1. The summed E-state index contributed by atoms with van der Waals surface area (Å²) in [6.45, 7) is 10.1. The zero-order valence-corrected chi connectivity index (χ0v) is 17.5. The van der Waals surface area contributed by atoms with Crippen molar-refractivity contribution in [1.29, 1.82) is 0 Å². The van der Waals surface area contributed by atoms with Crippen molar-refractivity contribution in [1.82, 2.24) is 16.0 Å². The molecule has 0 aromatic heterocycles. The molecule has 6 nitrogen and oxygen atoms in total. The van der Waals surface area contributed by atoms with Crippen LogP contribution in [0.1, 0.15) is 50.0 Å². The Morgan fingerprint density at radius 2 is 2.07 bits per heavy atom. The molecule has 1 aromatic carbocycles. The van der Waals surface area contributed by atoms with Crippen molar-refractivity contribution in [3.63, 3.8) is 0 Å². The number of nitrogens with one attached hydrogen (secondary N) is 3. The van der Waals surface area contributed by atoms with Gasteiger partial charge in [-0.1, -0.05) is 26.0 Å². The van der Waals surface area contributed by atoms with Crippen molar-refractivity contribution < 1.29 is 9.53 Å². The Morgan fingerprint density at radius 1 is 1.33 bits per heavy atom. The van der Waals surface area contributed by atoms with Crippen molar-refractivity contribution in [2.75, 3.05) is 27.2 Å². The van der Waals surface area contributed by atoms with Gasteiger partial charge in [-0.15, -0.1) is 0 Å². The first-order valence-electron chi connectivity index (χ1n) is 9.68. The molecule has 1 aliphatic carbocycles. The van der Waals surface area contributed by atoms with E-state index >= 15 is 0 Å². The number of carbonyl (C=O) groups excluding carboxylic acids is 1. The number of amides is 1. The smallest absolute Gasteiger partial charge is 0.251 e. The van der Waals surface area contributed by atoms with Gasteiger partial charge in [0.1, 0.15) is 0 Å². The van der Waals surface area contributed by atoms with Gasteiger partial charge >= 0.3 is 0 Å². The molecule has 1 saturated carbocycles. The summed E-state index contributed by atoms with van der Waals surface area (Å²) in [5, 5.41) is 9.53. The second-order valence-electron chi connectivity index (χ2n) is 7.85. The molecule has 0 aliphatic heterocycles. The molecule has 0 heterocycles. The minimum Gasteiger partial charge on any atom is -0.378 e. The molecule has 0 spiro atoms. The van der Waals surface area contributed by atoms with Gasteiger partial charge in [0.25, 0.3) is 5.91 Å². The maximum atomic E-state index is 11.8. The fourth-order valence-electron chi connectivity index (χ4n) is 3.52. The lowest BCUT2D eigenvalue weighted by molar-refractivity contribution is -0.176. The Morgan fingerprint density at radius 3 is 2.67 bits per heavy atom. The lowest BCUT2D eigenvalue weighted by atomic mass is 9.56. The van der Waals surface area contributed by atoms with Gasteiger partial charge in [0.2, 0.25) is 0 Å². The van der Waals surface area contributed by atoms with Crippen molar-refractivity contribution in [2.45, 2.75) is 52.2 Å². The maximum Gasteiger partial charge on any atom is 0.251 e. The number of hydrogen-bond donors (Lipinski definition) is 3. The predicted octanol–water partition coefficient (Wildman–Crippen LogP) is 2.35. The molecule has 0 saturated heterocycles. The molecule has 2 atom stereocenters. The Kier molecular flexibility index (Phi) is 6.87. The zero-order chi connectivity index (χ0) is 20.1. The first-order valence-corrected chi connectivity index (χ1v) is 9.68. The number of rotatable bonds is 7. The molecule has 1 amide bonds. The highest BCUT2D eigenvalue weighted by molar-refractivity contribution is 5.94. The van der Waals surface area contributed by atoms with Crippen LogP contribution in [0.4, 0.5) is 0 Å². The Balaban J connectivity index is 1.97. The molecular weight excluding hydrogens is 340 g/mol. The van der Waals surface area contributed by atoms with Crippen LogP contribution in [-0.2, 0) is 11.2 Å². The van der Waals surface area contributed by atoms with Gasteiger partial charge in [-0.3, -0.25) is 9.79 Å². The SMILES string of the molecule is CCNC(=NCCc1cccc(C(=O)NC)c1)NC1CC(C)(OC)C1(C)C. The first kappa shape index (κ1) is 21.2. The van der Waals surface area contributed by atoms with E-state index in [1.54, 1.807) is 14.2 Å². The Labute approximate surface area is 163 Å². The van der Waals surface area contributed by atoms with Crippen LogP contribution >= 0.6 is 0 Å². The summed E-state index contributed by atoms with van der Waals surface area (Å²) >= 11 is 0. The third kappa shape index (κ3) is 4.61. The highest BCUT2D eigenvalue weighted by Crippen LogP contribution is 2.51. The first-order chi connectivity index (χ1) is 12.8. The fraction of sp³-hybridized carbons (Fsp3) is 0.619. The highest BCUT2D eigenvalue weighted by Gasteiger charge is 2.58. The summed E-state index contributed by atoms with van der Waals surface area (Å²) in [4.78, 5) is 16.5. The molecule has 1 fully saturated rings. The van der Waals surface area contributed by atoms with Crippen molar-refractivity contribution in [3.05, 3.63) is 35.4 Å². The van der Waals surface area contributed by atoms with E-state index in [9.17, 15) is 4.79 Å². The van der Waals surface area contributed by atoms with Gasteiger partial charge in [-0.25, -0.2) is 0 Å². The van der Waals surface area contributed by atoms with Crippen LogP contribution in [0.25, 0.3) is 0 Å². The summed E-state index contributed by atoms with van der Waals surface area (Å²) in [5.41, 5.74) is 1.70. The van der Waals surface area contributed by atoms with E-state index < -0.39 is 0 Å². The quantitative estimate of drug-likeness (QED) is 0.506. The standard InChI is InChI=1S/C21H34N4O2/c1-7-23-19(25-17-14-21(4,27-6)20(17,2)3)24-12-11-15-9-8-10-16(13-15)18(26)22-5/h8-10,13,17H,7,11-12,14H2,1-6H3,(H,22,26)(H2,23,24,25). The molecule has 2 unspecified atom stereocenters. The van der Waals surface area contributed by atoms with Gasteiger partial charge < -0.3 is 20.7 Å². The number of ether oxygens (including phenoxy) is 1. The summed E-state index contributed by atoms with van der Waals surface area (Å²) in [6.07, 6.45) is 1.74. The topological polar surface area (TPSA) is 74.8 Å². The van der Waals surface area contributed by atoms with Crippen LogP contribution < -0.4 is 16.0 Å². The van der Waals surface area contributed by atoms with E-state index in [0.717, 1.165) is 30.9 Å². The van der Waals surface area contributed by atoms with Gasteiger partial charge in [0.05, 0.1) is 5.60 Å². The van der Waals surface area contributed by atoms with E-state index in [2.05, 4.69) is 43.6 Å². The third-order valence-electron chi connectivity index (χ3n) is 6.02. The molecule has 27 heavy (non-hydrogen) atoms. The van der Waals surface area contributed by atoms with Crippen LogP contribution in [-0.4, -0.2) is 50.8 Å². The van der Waals surface area contributed by atoms with E-state index in [1.807, 2.05) is 24.3 Å². The molecule has 0 bridgehead atoms. The minimum absolute atomic E-state index is 0.0276. The predicted molar refractivity (Wildman–Crippen MR) is 110 cm³/mol. The van der Waals surface area contributed by atoms with E-state index in [1.165, 1.54) is 0 Å². The molecular formula is C21H34N4O2. The number of methoxy groups -OCH3 is 1. The Bertz CT molecular complexity index is 687. The monoisotopic (exact) mass is 374 g/mol. The number of hydrogen-bond acceptors (Lipinski definition) is 3. The zero-order valence-electron chi connectivity index (χ0n) is 17.5. The molecule has 1 aliphatic rings. The number of guanidine groups is 1. The highest BCUT2D eigenvalue weighted by atomic mass is 16.5. The average Bonchev–Trinajstić information content (AvgIpc) is 2.67. The lowest BCUT2D eigenvalue weighted by Crippen LogP contribution is -2.69. The van der Waals surface area contributed by atoms with Crippen LogP contribution in [0.5, 0.6) is 0 Å². The summed E-state index contributed by atoms with van der Waals surface area (Å²) < 4.78 is 5.71. The van der Waals surface area contributed by atoms with Gasteiger partial charge in [-0.05, 0) is 44.4 Å². The second kappa shape index (κ2) is 8.74. The average molecular weight is 375 g/mol. The Hall–Kier alpha value is -2.08. The molecule has 3 N–H and O–H groups in total. The lowest BCUT2D eigenvalue weighted by Gasteiger charge is -2.59. The second-order valence-corrected chi connectivity index (χ2v) is 7.85. The molecule has 150 valence electrons. The van der Waals surface area contributed by atoms with E-state index in [4.69, 9.17) is 9.73 Å². The fourth-order valence-corrected chi connectivity index (χ4v) is 3.52. The number of carbonyl (C=O) groups is 1. The van der Waals surface area contributed by atoms with Crippen molar-refractivity contribution in [3.8, 4) is 0 Å². The third-order valence-corrected chi connectivity index (χ3v) is 6.02. The van der Waals surface area contributed by atoms with Crippen LogP contribution in [0.15, 0.2) is 29.3 Å². The van der Waals surface area contributed by atoms with Gasteiger partial charge in [-0.2, -0.15) is 0 Å². The largest absolute Gasteiger partial charge is 0.378 e. The van der Waals surface area contributed by atoms with E-state index in [0.29, 0.717) is 18.2 Å². The molecule has 0 radical (unpaired) electrons. The summed E-state index contributed by atoms with van der Waals surface area (Å²) in [6, 6.07) is 8.00. The number of nitrogens with zero attached hydrogens (tertiary/aromatic N) is 1. The van der Waals surface area contributed by atoms with E-state index in [-0.39, 0.29) is 16.9 Å². The number of benzene rings is 1. The van der Waals surface area contributed by atoms with Crippen molar-refractivity contribution >= 4 is 11.9 Å². The summed E-state index contributed by atoms with van der Waals surface area (Å²) in [5.74, 6) is 0.764. The van der Waals surface area contributed by atoms with Crippen LogP contribution in [0.3, 0.4) is 0 Å². The van der Waals surface area contributed by atoms with Crippen molar-refractivity contribution in [2.24, 2.45) is 10.4 Å². The summed E-state index contributed by atoms with van der Waals surface area (Å²) in [7, 11) is 3.42. The van der Waals surface area contributed by atoms with Gasteiger partial charge in [0, 0.05) is 44.3 Å². The molecule has 6 heteroatoms.